The fourth-order valence-corrected chi connectivity index (χ4v) is 2.24. The van der Waals surface area contributed by atoms with Crippen LogP contribution in [-0.2, 0) is 9.53 Å². The molecule has 1 rings (SSSR count). The van der Waals surface area contributed by atoms with Crippen molar-refractivity contribution in [2.45, 2.75) is 93.2 Å². The van der Waals surface area contributed by atoms with Crippen LogP contribution in [0.15, 0.2) is 0 Å². The van der Waals surface area contributed by atoms with Crippen LogP contribution < -0.4 is 5.32 Å². The van der Waals surface area contributed by atoms with Crippen molar-refractivity contribution in [2.24, 2.45) is 5.41 Å². The number of nitrogens with one attached hydrogen (secondary N) is 1. The molecule has 0 aromatic rings. The number of carbonyl (C=O) groups is 2. The second-order valence-corrected chi connectivity index (χ2v) is 5.87. The molecule has 0 aliphatic heterocycles. The molecule has 1 saturated carbocycles. The molecule has 0 aromatic carbocycles. The van der Waals surface area contributed by atoms with E-state index in [2.05, 4.69) is 5.32 Å². The summed E-state index contributed by atoms with van der Waals surface area (Å²) in [6.45, 7) is 15.3. The maximum absolute atomic E-state index is 11.7. The predicted molar refractivity (Wildman–Crippen MR) is 88.5 cm³/mol. The van der Waals surface area contributed by atoms with Gasteiger partial charge in [0.1, 0.15) is 6.10 Å². The SMILES string of the molecule is CC.CC.CC(=O)C(NC(=O)OC1CCCC1)C(C)(C)C. The summed E-state index contributed by atoms with van der Waals surface area (Å²) in [5.41, 5.74) is -0.291. The molecule has 1 atom stereocenters. The minimum absolute atomic E-state index is 0.0302. The average molecular weight is 301 g/mol. The summed E-state index contributed by atoms with van der Waals surface area (Å²) >= 11 is 0. The number of rotatable bonds is 3. The fraction of sp³-hybridized carbons (Fsp3) is 0.882. The van der Waals surface area contributed by atoms with Gasteiger partial charge in [-0.25, -0.2) is 4.79 Å². The molecule has 1 fully saturated rings. The quantitative estimate of drug-likeness (QED) is 0.821. The zero-order valence-electron chi connectivity index (χ0n) is 15.2. The Labute approximate surface area is 131 Å². The number of hydrogen-bond acceptors (Lipinski definition) is 3. The number of Topliss-reactive ketones (excluding diaryl/α,β-unsaturated/α-hetero) is 1. The number of ether oxygens (including phenoxy) is 1. The lowest BCUT2D eigenvalue weighted by Crippen LogP contribution is -2.48. The number of ketones is 1. The van der Waals surface area contributed by atoms with Crippen LogP contribution in [0.5, 0.6) is 0 Å². The van der Waals surface area contributed by atoms with Gasteiger partial charge in [-0.1, -0.05) is 48.5 Å². The van der Waals surface area contributed by atoms with E-state index in [4.69, 9.17) is 4.74 Å². The molecular weight excluding hydrogens is 266 g/mol. The summed E-state index contributed by atoms with van der Waals surface area (Å²) in [4.78, 5) is 23.2. The number of hydrogen-bond donors (Lipinski definition) is 1. The fourth-order valence-electron chi connectivity index (χ4n) is 2.24. The molecule has 126 valence electrons. The number of alkyl carbamates (subject to hydrolysis) is 1. The van der Waals surface area contributed by atoms with Crippen LogP contribution in [0.2, 0.25) is 0 Å². The molecule has 4 heteroatoms. The van der Waals surface area contributed by atoms with Gasteiger partial charge in [-0.3, -0.25) is 4.79 Å². The highest BCUT2D eigenvalue weighted by Crippen LogP contribution is 2.23. The van der Waals surface area contributed by atoms with Gasteiger partial charge in [0.2, 0.25) is 0 Å². The lowest BCUT2D eigenvalue weighted by molar-refractivity contribution is -0.121. The normalized spacial score (nSPS) is 15.8. The second kappa shape index (κ2) is 11.6. The Morgan fingerprint density at radius 2 is 1.48 bits per heavy atom. The summed E-state index contributed by atoms with van der Waals surface area (Å²) in [6.07, 6.45) is 3.68. The minimum atomic E-state index is -0.489. The Hall–Kier alpha value is -1.06. The Balaban J connectivity index is 0. The standard InChI is InChI=1S/C13H23NO3.2C2H6/c1-9(15)11(13(2,3)4)14-12(16)17-10-7-5-6-8-10;2*1-2/h10-11H,5-8H2,1-4H3,(H,14,16);2*1-2H3. The van der Waals surface area contributed by atoms with Crippen molar-refractivity contribution in [2.75, 3.05) is 0 Å². The molecule has 4 nitrogen and oxygen atoms in total. The lowest BCUT2D eigenvalue weighted by Gasteiger charge is -2.29. The lowest BCUT2D eigenvalue weighted by atomic mass is 9.85. The first-order valence-corrected chi connectivity index (χ1v) is 8.28. The first kappa shape index (κ1) is 22.2. The maximum Gasteiger partial charge on any atom is 0.408 e. The summed E-state index contributed by atoms with van der Waals surface area (Å²) < 4.78 is 5.28. The molecule has 0 bridgehead atoms. The highest BCUT2D eigenvalue weighted by molar-refractivity contribution is 5.86. The van der Waals surface area contributed by atoms with Gasteiger partial charge in [-0.2, -0.15) is 0 Å². The van der Waals surface area contributed by atoms with Gasteiger partial charge in [0.05, 0.1) is 6.04 Å². The second-order valence-electron chi connectivity index (χ2n) is 5.87. The Morgan fingerprint density at radius 1 is 1.05 bits per heavy atom. The van der Waals surface area contributed by atoms with Crippen LogP contribution >= 0.6 is 0 Å². The minimum Gasteiger partial charge on any atom is -0.446 e. The average Bonchev–Trinajstić information content (AvgIpc) is 2.92. The van der Waals surface area contributed by atoms with Gasteiger partial charge in [0.15, 0.2) is 5.78 Å². The molecule has 1 amide bonds. The van der Waals surface area contributed by atoms with Crippen LogP contribution in [0, 0.1) is 5.41 Å². The third kappa shape index (κ3) is 9.48. The van der Waals surface area contributed by atoms with E-state index in [1.807, 2.05) is 48.5 Å². The third-order valence-corrected chi connectivity index (χ3v) is 3.11. The smallest absolute Gasteiger partial charge is 0.408 e. The highest BCUT2D eigenvalue weighted by Gasteiger charge is 2.31. The van der Waals surface area contributed by atoms with Crippen molar-refractivity contribution in [3.8, 4) is 0 Å². The van der Waals surface area contributed by atoms with Crippen LogP contribution in [0.3, 0.4) is 0 Å². The first-order chi connectivity index (χ1) is 9.80. The molecule has 21 heavy (non-hydrogen) atoms. The summed E-state index contributed by atoms with van der Waals surface area (Å²) in [5, 5.41) is 2.67. The van der Waals surface area contributed by atoms with Crippen molar-refractivity contribution in [1.82, 2.24) is 5.32 Å². The molecule has 0 saturated heterocycles. The van der Waals surface area contributed by atoms with Crippen molar-refractivity contribution >= 4 is 11.9 Å². The molecule has 1 N–H and O–H groups in total. The zero-order valence-corrected chi connectivity index (χ0v) is 15.2. The largest absolute Gasteiger partial charge is 0.446 e. The van der Waals surface area contributed by atoms with E-state index in [1.165, 1.54) is 6.92 Å². The summed E-state index contributed by atoms with van der Waals surface area (Å²) in [7, 11) is 0. The molecule has 1 aliphatic rings. The Bertz CT molecular complexity index is 289. The molecule has 0 heterocycles. The van der Waals surface area contributed by atoms with E-state index in [0.29, 0.717) is 0 Å². The Kier molecular flexibility index (Phi) is 12.3. The van der Waals surface area contributed by atoms with E-state index in [0.717, 1.165) is 25.7 Å². The van der Waals surface area contributed by atoms with E-state index in [-0.39, 0.29) is 17.3 Å². The Morgan fingerprint density at radius 3 is 1.81 bits per heavy atom. The molecule has 0 aromatic heterocycles. The third-order valence-electron chi connectivity index (χ3n) is 3.11. The van der Waals surface area contributed by atoms with Crippen LogP contribution in [-0.4, -0.2) is 24.0 Å². The van der Waals surface area contributed by atoms with Crippen LogP contribution in [0.25, 0.3) is 0 Å². The van der Waals surface area contributed by atoms with Gasteiger partial charge in [0, 0.05) is 0 Å². The monoisotopic (exact) mass is 301 g/mol. The van der Waals surface area contributed by atoms with E-state index < -0.39 is 12.1 Å². The number of amides is 1. The number of carbonyl (C=O) groups excluding carboxylic acids is 2. The van der Waals surface area contributed by atoms with Crippen molar-refractivity contribution in [1.29, 1.82) is 0 Å². The van der Waals surface area contributed by atoms with Crippen molar-refractivity contribution in [3.63, 3.8) is 0 Å². The van der Waals surface area contributed by atoms with Crippen LogP contribution in [0.1, 0.15) is 81.1 Å². The van der Waals surface area contributed by atoms with E-state index in [9.17, 15) is 9.59 Å². The van der Waals surface area contributed by atoms with E-state index in [1.54, 1.807) is 0 Å². The van der Waals surface area contributed by atoms with Crippen molar-refractivity contribution < 1.29 is 14.3 Å². The summed E-state index contributed by atoms with van der Waals surface area (Å²) in [5.74, 6) is -0.0409. The predicted octanol–water partition coefficient (Wildman–Crippen LogP) is 4.71. The first-order valence-electron chi connectivity index (χ1n) is 8.28. The van der Waals surface area contributed by atoms with Gasteiger partial charge in [0.25, 0.3) is 0 Å². The van der Waals surface area contributed by atoms with Gasteiger partial charge in [-0.05, 0) is 38.0 Å². The molecule has 0 radical (unpaired) electrons. The van der Waals surface area contributed by atoms with Gasteiger partial charge >= 0.3 is 6.09 Å². The molecule has 1 unspecified atom stereocenters. The van der Waals surface area contributed by atoms with E-state index >= 15 is 0 Å². The molecule has 0 spiro atoms. The summed E-state index contributed by atoms with van der Waals surface area (Å²) in [6, 6.07) is -0.489. The van der Waals surface area contributed by atoms with Gasteiger partial charge < -0.3 is 10.1 Å². The highest BCUT2D eigenvalue weighted by atomic mass is 16.6. The zero-order chi connectivity index (χ0) is 17.1. The van der Waals surface area contributed by atoms with Crippen molar-refractivity contribution in [3.05, 3.63) is 0 Å². The van der Waals surface area contributed by atoms with Gasteiger partial charge in [-0.15, -0.1) is 0 Å². The topological polar surface area (TPSA) is 55.4 Å². The molecular formula is C17H35NO3. The molecule has 1 aliphatic carbocycles. The maximum atomic E-state index is 11.7. The van der Waals surface area contributed by atoms with Crippen LogP contribution in [0.4, 0.5) is 4.79 Å².